The number of aliphatic hydroxyl groups excluding tert-OH is 1. The van der Waals surface area contributed by atoms with Gasteiger partial charge in [-0.25, -0.2) is 0 Å². The van der Waals surface area contributed by atoms with Crippen LogP contribution < -0.4 is 0 Å². The van der Waals surface area contributed by atoms with Crippen LogP contribution in [0.15, 0.2) is 15.9 Å². The maximum atomic E-state index is 10.1. The summed E-state index contributed by atoms with van der Waals surface area (Å²) in [5.41, 5.74) is 0. The molecule has 1 atom stereocenters. The SMILES string of the molecule is OC(c1sccc1Br)C1CCOCC1. The number of halogens is 1. The van der Waals surface area contributed by atoms with E-state index in [0.717, 1.165) is 35.4 Å². The number of ether oxygens (including phenoxy) is 1. The summed E-state index contributed by atoms with van der Waals surface area (Å²) in [5.74, 6) is 0.360. The molecule has 0 radical (unpaired) electrons. The van der Waals surface area contributed by atoms with E-state index in [2.05, 4.69) is 15.9 Å². The van der Waals surface area contributed by atoms with Gasteiger partial charge in [-0.15, -0.1) is 11.3 Å². The Balaban J connectivity index is 2.07. The van der Waals surface area contributed by atoms with E-state index in [9.17, 15) is 5.11 Å². The fourth-order valence-corrected chi connectivity index (χ4v) is 3.45. The van der Waals surface area contributed by atoms with Crippen LogP contribution in [-0.4, -0.2) is 18.3 Å². The zero-order valence-corrected chi connectivity index (χ0v) is 10.2. The first-order valence-corrected chi connectivity index (χ1v) is 6.45. The van der Waals surface area contributed by atoms with Gasteiger partial charge in [-0.3, -0.25) is 0 Å². The lowest BCUT2D eigenvalue weighted by Gasteiger charge is -2.26. The number of hydrogen-bond donors (Lipinski definition) is 1. The number of thiophene rings is 1. The van der Waals surface area contributed by atoms with Crippen LogP contribution in [0.2, 0.25) is 0 Å². The van der Waals surface area contributed by atoms with Crippen molar-refractivity contribution in [1.82, 2.24) is 0 Å². The molecule has 1 aromatic rings. The minimum Gasteiger partial charge on any atom is -0.387 e. The molecule has 1 N–H and O–H groups in total. The van der Waals surface area contributed by atoms with Crippen molar-refractivity contribution in [2.24, 2.45) is 5.92 Å². The van der Waals surface area contributed by atoms with Crippen molar-refractivity contribution in [2.45, 2.75) is 18.9 Å². The topological polar surface area (TPSA) is 29.5 Å². The largest absolute Gasteiger partial charge is 0.387 e. The Bertz CT molecular complexity index is 294. The summed E-state index contributed by atoms with van der Waals surface area (Å²) in [7, 11) is 0. The molecule has 0 bridgehead atoms. The first kappa shape index (κ1) is 10.6. The highest BCUT2D eigenvalue weighted by Gasteiger charge is 2.25. The maximum Gasteiger partial charge on any atom is 0.0923 e. The van der Waals surface area contributed by atoms with E-state index < -0.39 is 0 Å². The Kier molecular flexibility index (Phi) is 3.60. The third kappa shape index (κ3) is 2.19. The molecule has 2 rings (SSSR count). The van der Waals surface area contributed by atoms with E-state index in [1.165, 1.54) is 0 Å². The quantitative estimate of drug-likeness (QED) is 0.900. The Morgan fingerprint density at radius 1 is 1.50 bits per heavy atom. The van der Waals surface area contributed by atoms with Crippen molar-refractivity contribution >= 4 is 27.3 Å². The normalized spacial score (nSPS) is 21.0. The second kappa shape index (κ2) is 4.75. The fraction of sp³-hybridized carbons (Fsp3) is 0.600. The van der Waals surface area contributed by atoms with Crippen LogP contribution >= 0.6 is 27.3 Å². The lowest BCUT2D eigenvalue weighted by molar-refractivity contribution is 0.00830. The van der Waals surface area contributed by atoms with E-state index in [-0.39, 0.29) is 6.10 Å². The molecule has 78 valence electrons. The Hall–Kier alpha value is 0.1000. The fourth-order valence-electron chi connectivity index (χ4n) is 1.76. The molecule has 14 heavy (non-hydrogen) atoms. The molecule has 1 saturated heterocycles. The average Bonchev–Trinajstić information content (AvgIpc) is 2.65. The van der Waals surface area contributed by atoms with Crippen molar-refractivity contribution < 1.29 is 9.84 Å². The van der Waals surface area contributed by atoms with Gasteiger partial charge in [0.1, 0.15) is 0 Å². The molecule has 0 spiro atoms. The predicted octanol–water partition coefficient (Wildman–Crippen LogP) is 2.97. The molecular weight excluding hydrogens is 264 g/mol. The van der Waals surface area contributed by atoms with Crippen LogP contribution in [0.5, 0.6) is 0 Å². The summed E-state index contributed by atoms with van der Waals surface area (Å²) in [6.45, 7) is 1.56. The van der Waals surface area contributed by atoms with Gasteiger partial charge in [0.15, 0.2) is 0 Å². The van der Waals surface area contributed by atoms with Crippen molar-refractivity contribution in [3.63, 3.8) is 0 Å². The highest BCUT2D eigenvalue weighted by molar-refractivity contribution is 9.10. The van der Waals surface area contributed by atoms with E-state index in [1.54, 1.807) is 11.3 Å². The number of aliphatic hydroxyl groups is 1. The van der Waals surface area contributed by atoms with Gasteiger partial charge in [0, 0.05) is 22.6 Å². The number of rotatable bonds is 2. The van der Waals surface area contributed by atoms with Crippen molar-refractivity contribution in [2.75, 3.05) is 13.2 Å². The molecule has 1 unspecified atom stereocenters. The predicted molar refractivity (Wildman–Crippen MR) is 60.5 cm³/mol. The van der Waals surface area contributed by atoms with Crippen LogP contribution in [0.4, 0.5) is 0 Å². The lowest BCUT2D eigenvalue weighted by Crippen LogP contribution is -2.21. The van der Waals surface area contributed by atoms with Gasteiger partial charge in [0.25, 0.3) is 0 Å². The average molecular weight is 277 g/mol. The molecule has 1 fully saturated rings. The van der Waals surface area contributed by atoms with Crippen molar-refractivity contribution in [3.8, 4) is 0 Å². The van der Waals surface area contributed by atoms with E-state index >= 15 is 0 Å². The van der Waals surface area contributed by atoms with Crippen LogP contribution in [0.1, 0.15) is 23.8 Å². The zero-order chi connectivity index (χ0) is 9.97. The lowest BCUT2D eigenvalue weighted by atomic mass is 9.93. The van der Waals surface area contributed by atoms with Crippen LogP contribution in [-0.2, 0) is 4.74 Å². The highest BCUT2D eigenvalue weighted by Crippen LogP contribution is 2.36. The Morgan fingerprint density at radius 2 is 2.21 bits per heavy atom. The molecule has 2 heterocycles. The Morgan fingerprint density at radius 3 is 2.79 bits per heavy atom. The second-order valence-electron chi connectivity index (χ2n) is 3.53. The number of hydrogen-bond acceptors (Lipinski definition) is 3. The third-order valence-corrected chi connectivity index (χ3v) is 4.57. The molecule has 1 aliphatic heterocycles. The van der Waals surface area contributed by atoms with Crippen molar-refractivity contribution in [1.29, 1.82) is 0 Å². The van der Waals surface area contributed by atoms with E-state index in [1.807, 2.05) is 11.4 Å². The molecule has 1 aliphatic rings. The summed E-state index contributed by atoms with van der Waals surface area (Å²) < 4.78 is 6.31. The molecule has 0 amide bonds. The summed E-state index contributed by atoms with van der Waals surface area (Å²) >= 11 is 5.07. The summed E-state index contributed by atoms with van der Waals surface area (Å²) in [6.07, 6.45) is 1.60. The molecule has 1 aromatic heterocycles. The van der Waals surface area contributed by atoms with Crippen LogP contribution in [0.3, 0.4) is 0 Å². The smallest absolute Gasteiger partial charge is 0.0923 e. The molecule has 0 aromatic carbocycles. The highest BCUT2D eigenvalue weighted by atomic mass is 79.9. The summed E-state index contributed by atoms with van der Waals surface area (Å²) in [5, 5.41) is 12.1. The van der Waals surface area contributed by atoms with Gasteiger partial charge in [-0.1, -0.05) is 0 Å². The maximum absolute atomic E-state index is 10.1. The first-order chi connectivity index (χ1) is 6.79. The molecule has 0 saturated carbocycles. The van der Waals surface area contributed by atoms with Gasteiger partial charge in [0.2, 0.25) is 0 Å². The van der Waals surface area contributed by atoms with E-state index in [0.29, 0.717) is 5.92 Å². The first-order valence-electron chi connectivity index (χ1n) is 4.77. The van der Waals surface area contributed by atoms with Crippen molar-refractivity contribution in [3.05, 3.63) is 20.8 Å². The molecule has 4 heteroatoms. The zero-order valence-electron chi connectivity index (χ0n) is 7.78. The Labute approximate surface area is 96.0 Å². The van der Waals surface area contributed by atoms with E-state index in [4.69, 9.17) is 4.74 Å². The molecule has 0 aliphatic carbocycles. The molecular formula is C10H13BrO2S. The minimum atomic E-state index is -0.326. The minimum absolute atomic E-state index is 0.326. The van der Waals surface area contributed by atoms with Gasteiger partial charge < -0.3 is 9.84 Å². The third-order valence-electron chi connectivity index (χ3n) is 2.63. The standard InChI is InChI=1S/C10H13BrO2S/c11-8-3-6-14-10(8)9(12)7-1-4-13-5-2-7/h3,6-7,9,12H,1-2,4-5H2. The van der Waals surface area contributed by atoms with Gasteiger partial charge >= 0.3 is 0 Å². The summed E-state index contributed by atoms with van der Waals surface area (Å²) in [6, 6.07) is 1.99. The van der Waals surface area contributed by atoms with Crippen LogP contribution in [0, 0.1) is 5.92 Å². The monoisotopic (exact) mass is 276 g/mol. The summed E-state index contributed by atoms with van der Waals surface area (Å²) in [4.78, 5) is 1.05. The van der Waals surface area contributed by atoms with Crippen LogP contribution in [0.25, 0.3) is 0 Å². The van der Waals surface area contributed by atoms with Gasteiger partial charge in [-0.05, 0) is 46.1 Å². The molecule has 2 nitrogen and oxygen atoms in total. The van der Waals surface area contributed by atoms with Gasteiger partial charge in [-0.2, -0.15) is 0 Å². The van der Waals surface area contributed by atoms with Gasteiger partial charge in [0.05, 0.1) is 6.10 Å². The second-order valence-corrected chi connectivity index (χ2v) is 5.33.